The van der Waals surface area contributed by atoms with Crippen molar-refractivity contribution in [3.8, 4) is 0 Å². The summed E-state index contributed by atoms with van der Waals surface area (Å²) >= 11 is 5.95. The number of carbonyl (C=O) groups is 1. The van der Waals surface area contributed by atoms with Gasteiger partial charge in [0.05, 0.1) is 0 Å². The molecule has 1 aromatic carbocycles. The Kier molecular flexibility index (Phi) is 2.45. The van der Waals surface area contributed by atoms with Gasteiger partial charge in [-0.05, 0) is 49.8 Å². The van der Waals surface area contributed by atoms with Crippen molar-refractivity contribution < 1.29 is 4.79 Å². The number of rotatable bonds is 2. The molecule has 2 aliphatic carbocycles. The van der Waals surface area contributed by atoms with Crippen molar-refractivity contribution in [2.45, 2.75) is 49.9 Å². The fourth-order valence-corrected chi connectivity index (χ4v) is 3.30. The highest BCUT2D eigenvalue weighted by Gasteiger charge is 2.60. The fourth-order valence-electron chi connectivity index (χ4n) is 3.17. The van der Waals surface area contributed by atoms with Crippen molar-refractivity contribution in [1.29, 1.82) is 0 Å². The van der Waals surface area contributed by atoms with E-state index in [1.165, 1.54) is 6.42 Å². The molecule has 0 radical (unpaired) electrons. The molecule has 0 bridgehead atoms. The van der Waals surface area contributed by atoms with Gasteiger partial charge in [0.1, 0.15) is 11.7 Å². The number of halogens is 1. The number of nitrogens with one attached hydrogen (secondary N) is 1. The van der Waals surface area contributed by atoms with E-state index in [-0.39, 0.29) is 11.7 Å². The molecule has 1 amide bonds. The van der Waals surface area contributed by atoms with Gasteiger partial charge in [-0.2, -0.15) is 0 Å². The van der Waals surface area contributed by atoms with Crippen LogP contribution in [-0.4, -0.2) is 22.4 Å². The summed E-state index contributed by atoms with van der Waals surface area (Å²) in [5, 5.41) is 4.30. The predicted molar refractivity (Wildman–Crippen MR) is 73.8 cm³/mol. The average Bonchev–Trinajstić information content (AvgIpc) is 3.07. The van der Waals surface area contributed by atoms with Gasteiger partial charge in [0.15, 0.2) is 0 Å². The van der Waals surface area contributed by atoms with E-state index in [0.717, 1.165) is 36.3 Å². The van der Waals surface area contributed by atoms with Crippen molar-refractivity contribution in [1.82, 2.24) is 10.2 Å². The van der Waals surface area contributed by atoms with Crippen LogP contribution in [0.3, 0.4) is 0 Å². The van der Waals surface area contributed by atoms with Crippen LogP contribution in [0.25, 0.3) is 0 Å². The van der Waals surface area contributed by atoms with Crippen molar-refractivity contribution in [2.24, 2.45) is 0 Å². The van der Waals surface area contributed by atoms with Gasteiger partial charge >= 0.3 is 0 Å². The number of carbonyl (C=O) groups excluding carboxylic acids is 1. The number of benzene rings is 1. The number of hydrogen-bond acceptors (Lipinski definition) is 2. The zero-order valence-electron chi connectivity index (χ0n) is 10.7. The van der Waals surface area contributed by atoms with E-state index in [2.05, 4.69) is 10.2 Å². The summed E-state index contributed by atoms with van der Waals surface area (Å²) in [6, 6.07) is 8.29. The molecule has 100 valence electrons. The van der Waals surface area contributed by atoms with Gasteiger partial charge in [0.2, 0.25) is 5.91 Å². The molecule has 3 aliphatic rings. The minimum Gasteiger partial charge on any atom is -0.318 e. The molecule has 4 heteroatoms. The maximum Gasteiger partial charge on any atom is 0.244 e. The maximum atomic E-state index is 12.6. The van der Waals surface area contributed by atoms with E-state index in [0.29, 0.717) is 11.9 Å². The van der Waals surface area contributed by atoms with E-state index in [9.17, 15) is 4.79 Å². The molecule has 1 N–H and O–H groups in total. The van der Waals surface area contributed by atoms with E-state index >= 15 is 0 Å². The second kappa shape index (κ2) is 3.97. The quantitative estimate of drug-likeness (QED) is 0.901. The Bertz CT molecular complexity index is 519. The molecule has 1 saturated heterocycles. The Balaban J connectivity index is 1.68. The lowest BCUT2D eigenvalue weighted by Crippen LogP contribution is -2.44. The summed E-state index contributed by atoms with van der Waals surface area (Å²) in [4.78, 5) is 14.7. The highest BCUT2D eigenvalue weighted by Crippen LogP contribution is 2.48. The Hall–Kier alpha value is -1.06. The maximum absolute atomic E-state index is 12.6. The van der Waals surface area contributed by atoms with Gasteiger partial charge in [-0.3, -0.25) is 10.1 Å². The summed E-state index contributed by atoms with van der Waals surface area (Å²) in [6.07, 6.45) is 5.55. The minimum absolute atomic E-state index is 0.0394. The normalized spacial score (nSPS) is 28.8. The summed E-state index contributed by atoms with van der Waals surface area (Å²) in [6.45, 7) is 0. The van der Waals surface area contributed by atoms with Crippen LogP contribution in [0.2, 0.25) is 5.02 Å². The van der Waals surface area contributed by atoms with E-state index < -0.39 is 0 Å². The second-order valence-electron chi connectivity index (χ2n) is 5.98. The molecule has 4 rings (SSSR count). The van der Waals surface area contributed by atoms with Crippen LogP contribution in [-0.2, 0) is 4.79 Å². The molecule has 1 heterocycles. The molecule has 3 fully saturated rings. The van der Waals surface area contributed by atoms with Crippen molar-refractivity contribution in [3.05, 3.63) is 34.9 Å². The fraction of sp³-hybridized carbons (Fsp3) is 0.533. The van der Waals surface area contributed by atoms with Crippen LogP contribution in [0.5, 0.6) is 0 Å². The third kappa shape index (κ3) is 1.72. The second-order valence-corrected chi connectivity index (χ2v) is 6.41. The average molecular weight is 277 g/mol. The molecule has 1 aromatic rings. The van der Waals surface area contributed by atoms with Crippen molar-refractivity contribution in [2.75, 3.05) is 0 Å². The first-order valence-electron chi connectivity index (χ1n) is 7.06. The van der Waals surface area contributed by atoms with Crippen LogP contribution < -0.4 is 5.32 Å². The minimum atomic E-state index is -0.236. The predicted octanol–water partition coefficient (Wildman–Crippen LogP) is 2.86. The topological polar surface area (TPSA) is 32.3 Å². The van der Waals surface area contributed by atoms with Crippen LogP contribution in [0.1, 0.15) is 43.8 Å². The van der Waals surface area contributed by atoms with Gasteiger partial charge in [-0.15, -0.1) is 0 Å². The largest absolute Gasteiger partial charge is 0.318 e. The molecular formula is C15H17ClN2O. The smallest absolute Gasteiger partial charge is 0.244 e. The van der Waals surface area contributed by atoms with Gasteiger partial charge < -0.3 is 4.90 Å². The number of nitrogens with zero attached hydrogens (tertiary/aromatic N) is 1. The summed E-state index contributed by atoms with van der Waals surface area (Å²) < 4.78 is 0. The van der Waals surface area contributed by atoms with Crippen LogP contribution >= 0.6 is 11.6 Å². The summed E-state index contributed by atoms with van der Waals surface area (Å²) in [7, 11) is 0. The zero-order valence-corrected chi connectivity index (χ0v) is 11.5. The SMILES string of the molecule is O=C1N(C2CCC2)C(c2ccc(Cl)cc2)NC12CC2. The van der Waals surface area contributed by atoms with Crippen LogP contribution in [0.15, 0.2) is 24.3 Å². The molecule has 1 atom stereocenters. The Morgan fingerprint density at radius 2 is 1.89 bits per heavy atom. The molecule has 19 heavy (non-hydrogen) atoms. The van der Waals surface area contributed by atoms with E-state index in [4.69, 9.17) is 11.6 Å². The zero-order chi connectivity index (χ0) is 13.0. The molecule has 1 unspecified atom stereocenters. The third-order valence-corrected chi connectivity index (χ3v) is 4.99. The van der Waals surface area contributed by atoms with Gasteiger partial charge in [-0.1, -0.05) is 23.7 Å². The molecular weight excluding hydrogens is 260 g/mol. The summed E-state index contributed by atoms with van der Waals surface area (Å²) in [5.41, 5.74) is 0.910. The lowest BCUT2D eigenvalue weighted by Gasteiger charge is -2.38. The van der Waals surface area contributed by atoms with Gasteiger partial charge in [0, 0.05) is 11.1 Å². The highest BCUT2D eigenvalue weighted by molar-refractivity contribution is 6.30. The first-order valence-corrected chi connectivity index (χ1v) is 7.43. The summed E-state index contributed by atoms with van der Waals surface area (Å²) in [5.74, 6) is 0.317. The van der Waals surface area contributed by atoms with Crippen molar-refractivity contribution >= 4 is 17.5 Å². The Morgan fingerprint density at radius 3 is 2.42 bits per heavy atom. The number of amides is 1. The first-order chi connectivity index (χ1) is 9.20. The Morgan fingerprint density at radius 1 is 1.21 bits per heavy atom. The van der Waals surface area contributed by atoms with E-state index in [1.807, 2.05) is 24.3 Å². The molecule has 2 saturated carbocycles. The van der Waals surface area contributed by atoms with Crippen molar-refractivity contribution in [3.63, 3.8) is 0 Å². The standard InChI is InChI=1S/C15H17ClN2O/c16-11-6-4-10(5-7-11)13-17-15(8-9-15)14(19)18(13)12-2-1-3-12/h4-7,12-13,17H,1-3,8-9H2. The van der Waals surface area contributed by atoms with E-state index in [1.54, 1.807) is 0 Å². The molecule has 0 aromatic heterocycles. The first kappa shape index (κ1) is 11.7. The number of hydrogen-bond donors (Lipinski definition) is 1. The molecule has 3 nitrogen and oxygen atoms in total. The lowest BCUT2D eigenvalue weighted by molar-refractivity contribution is -0.134. The Labute approximate surface area is 117 Å². The monoisotopic (exact) mass is 276 g/mol. The van der Waals surface area contributed by atoms with Crippen LogP contribution in [0.4, 0.5) is 0 Å². The highest BCUT2D eigenvalue weighted by atomic mass is 35.5. The molecule has 1 spiro atoms. The van der Waals surface area contributed by atoms with Gasteiger partial charge in [0.25, 0.3) is 0 Å². The van der Waals surface area contributed by atoms with Gasteiger partial charge in [-0.25, -0.2) is 0 Å². The van der Waals surface area contributed by atoms with Crippen LogP contribution in [0, 0.1) is 0 Å². The third-order valence-electron chi connectivity index (χ3n) is 4.74. The lowest BCUT2D eigenvalue weighted by atomic mass is 9.90. The molecule has 1 aliphatic heterocycles.